The molecule has 7 heteroatoms. The number of aryl methyl sites for hydroxylation is 1. The summed E-state index contributed by atoms with van der Waals surface area (Å²) in [6.45, 7) is 2.40. The topological polar surface area (TPSA) is 93.5 Å². The highest BCUT2D eigenvalue weighted by atomic mass is 16.5. The van der Waals surface area contributed by atoms with Crippen molar-refractivity contribution >= 4 is 11.9 Å². The van der Waals surface area contributed by atoms with Crippen LogP contribution in [0.2, 0.25) is 0 Å². The Bertz CT molecular complexity index is 767. The Balaban J connectivity index is 1.63. The van der Waals surface area contributed by atoms with E-state index in [1.165, 1.54) is 0 Å². The predicted octanol–water partition coefficient (Wildman–Crippen LogP) is 2.17. The van der Waals surface area contributed by atoms with Gasteiger partial charge < -0.3 is 15.2 Å². The van der Waals surface area contributed by atoms with Crippen molar-refractivity contribution < 1.29 is 19.4 Å². The number of aromatic nitrogens is 2. The van der Waals surface area contributed by atoms with Crippen LogP contribution in [0.1, 0.15) is 47.4 Å². The molecule has 2 N–H and O–H groups in total. The molecule has 1 unspecified atom stereocenters. The third-order valence-corrected chi connectivity index (χ3v) is 4.32. The van der Waals surface area contributed by atoms with Gasteiger partial charge in [0.1, 0.15) is 5.75 Å². The highest BCUT2D eigenvalue weighted by molar-refractivity contribution is 5.95. The Morgan fingerprint density at radius 2 is 2.08 bits per heavy atom. The first kappa shape index (κ1) is 17.0. The number of carbonyl (C=O) groups excluding carboxylic acids is 1. The van der Waals surface area contributed by atoms with E-state index in [9.17, 15) is 9.59 Å². The fraction of sp³-hybridized carbons (Fsp3) is 0.389. The zero-order valence-corrected chi connectivity index (χ0v) is 14.1. The summed E-state index contributed by atoms with van der Waals surface area (Å²) < 4.78 is 7.02. The third-order valence-electron chi connectivity index (χ3n) is 4.32. The van der Waals surface area contributed by atoms with Crippen LogP contribution in [0, 0.1) is 0 Å². The summed E-state index contributed by atoms with van der Waals surface area (Å²) in [5.41, 5.74) is 2.57. The molecule has 1 amide bonds. The van der Waals surface area contributed by atoms with Crippen LogP contribution in [0.5, 0.6) is 5.75 Å². The van der Waals surface area contributed by atoms with E-state index in [4.69, 9.17) is 9.84 Å². The van der Waals surface area contributed by atoms with Crippen LogP contribution in [0.15, 0.2) is 30.5 Å². The molecule has 1 aromatic heterocycles. The number of carbonyl (C=O) groups is 2. The molecule has 0 bridgehead atoms. The number of aliphatic carboxylic acids is 1. The molecule has 0 spiro atoms. The lowest BCUT2D eigenvalue weighted by Crippen LogP contribution is -2.28. The molecule has 1 aliphatic rings. The van der Waals surface area contributed by atoms with Crippen molar-refractivity contribution in [2.24, 2.45) is 0 Å². The van der Waals surface area contributed by atoms with Crippen LogP contribution < -0.4 is 10.1 Å². The van der Waals surface area contributed by atoms with Gasteiger partial charge in [-0.3, -0.25) is 9.48 Å². The van der Waals surface area contributed by atoms with Crippen LogP contribution in [-0.4, -0.2) is 33.4 Å². The van der Waals surface area contributed by atoms with Gasteiger partial charge in [0.25, 0.3) is 5.91 Å². The Hall–Kier alpha value is -2.83. The molecule has 0 saturated carbocycles. The lowest BCUT2D eigenvalue weighted by molar-refractivity contribution is -0.139. The number of ether oxygens (including phenoxy) is 1. The number of nitrogens with one attached hydrogen (secondary N) is 1. The Morgan fingerprint density at radius 1 is 1.32 bits per heavy atom. The molecule has 2 heterocycles. The van der Waals surface area contributed by atoms with E-state index < -0.39 is 5.97 Å². The van der Waals surface area contributed by atoms with Crippen molar-refractivity contribution in [1.29, 1.82) is 0 Å². The average Bonchev–Trinajstić information content (AvgIpc) is 3.04. The minimum absolute atomic E-state index is 0.123. The van der Waals surface area contributed by atoms with Crippen molar-refractivity contribution in [3.8, 4) is 5.75 Å². The molecule has 1 aromatic carbocycles. The largest absolute Gasteiger partial charge is 0.482 e. The number of hydrogen-bond acceptors (Lipinski definition) is 4. The summed E-state index contributed by atoms with van der Waals surface area (Å²) in [5, 5.41) is 15.9. The van der Waals surface area contributed by atoms with Gasteiger partial charge in [0.05, 0.1) is 23.5 Å². The van der Waals surface area contributed by atoms with Crippen molar-refractivity contribution in [1.82, 2.24) is 15.1 Å². The van der Waals surface area contributed by atoms with E-state index in [0.717, 1.165) is 37.1 Å². The third kappa shape index (κ3) is 3.99. The van der Waals surface area contributed by atoms with Gasteiger partial charge in [0.15, 0.2) is 6.61 Å². The SMILES string of the molecule is CC(NC(=O)c1cnn2c1CCCC2)c1ccc(OCC(=O)O)cc1. The Labute approximate surface area is 145 Å². The Kier molecular flexibility index (Phi) is 5.02. The second kappa shape index (κ2) is 7.38. The van der Waals surface area contributed by atoms with Crippen LogP contribution in [-0.2, 0) is 17.8 Å². The van der Waals surface area contributed by atoms with E-state index in [1.54, 1.807) is 18.3 Å². The molecule has 3 rings (SSSR count). The van der Waals surface area contributed by atoms with Gasteiger partial charge in [-0.15, -0.1) is 0 Å². The van der Waals surface area contributed by atoms with E-state index in [1.807, 2.05) is 23.7 Å². The van der Waals surface area contributed by atoms with E-state index in [2.05, 4.69) is 10.4 Å². The number of rotatable bonds is 6. The maximum absolute atomic E-state index is 12.6. The molecule has 0 fully saturated rings. The Morgan fingerprint density at radius 3 is 2.80 bits per heavy atom. The smallest absolute Gasteiger partial charge is 0.341 e. The van der Waals surface area contributed by atoms with Gasteiger partial charge in [0, 0.05) is 6.54 Å². The summed E-state index contributed by atoms with van der Waals surface area (Å²) in [4.78, 5) is 23.1. The maximum Gasteiger partial charge on any atom is 0.341 e. The normalized spacial score (nSPS) is 14.4. The molecule has 0 saturated heterocycles. The number of amides is 1. The standard InChI is InChI=1S/C18H21N3O4/c1-12(13-5-7-14(8-6-13)25-11-17(22)23)20-18(24)15-10-19-21-9-3-2-4-16(15)21/h5-8,10,12H,2-4,9,11H2,1H3,(H,20,24)(H,22,23). The van der Waals surface area contributed by atoms with Crippen LogP contribution in [0.25, 0.3) is 0 Å². The van der Waals surface area contributed by atoms with Gasteiger partial charge >= 0.3 is 5.97 Å². The zero-order chi connectivity index (χ0) is 17.8. The first-order valence-electron chi connectivity index (χ1n) is 8.34. The lowest BCUT2D eigenvalue weighted by Gasteiger charge is -2.17. The zero-order valence-electron chi connectivity index (χ0n) is 14.1. The maximum atomic E-state index is 12.6. The highest BCUT2D eigenvalue weighted by Gasteiger charge is 2.21. The van der Waals surface area contributed by atoms with Crippen molar-refractivity contribution in [2.75, 3.05) is 6.61 Å². The second-order valence-electron chi connectivity index (χ2n) is 6.13. The van der Waals surface area contributed by atoms with Crippen molar-refractivity contribution in [3.63, 3.8) is 0 Å². The van der Waals surface area contributed by atoms with Crippen LogP contribution in [0.4, 0.5) is 0 Å². The molecule has 2 aromatic rings. The van der Waals surface area contributed by atoms with Gasteiger partial charge in [-0.1, -0.05) is 12.1 Å². The van der Waals surface area contributed by atoms with E-state index in [0.29, 0.717) is 11.3 Å². The molecule has 0 radical (unpaired) electrons. The number of nitrogens with zero attached hydrogens (tertiary/aromatic N) is 2. The quantitative estimate of drug-likeness (QED) is 0.838. The molecule has 25 heavy (non-hydrogen) atoms. The first-order valence-corrected chi connectivity index (χ1v) is 8.34. The molecule has 1 atom stereocenters. The first-order chi connectivity index (χ1) is 12.0. The number of carboxylic acids is 1. The molecule has 7 nitrogen and oxygen atoms in total. The fourth-order valence-corrected chi connectivity index (χ4v) is 2.97. The molecular weight excluding hydrogens is 322 g/mol. The number of benzene rings is 1. The minimum atomic E-state index is -1.02. The van der Waals surface area contributed by atoms with Gasteiger partial charge in [0.2, 0.25) is 0 Å². The summed E-state index contributed by atoms with van der Waals surface area (Å²) in [5.74, 6) is -0.661. The second-order valence-corrected chi connectivity index (χ2v) is 6.13. The van der Waals surface area contributed by atoms with Crippen molar-refractivity contribution in [2.45, 2.75) is 38.8 Å². The van der Waals surface area contributed by atoms with Gasteiger partial charge in [-0.25, -0.2) is 4.79 Å². The molecule has 0 aliphatic carbocycles. The summed E-state index contributed by atoms with van der Waals surface area (Å²) >= 11 is 0. The highest BCUT2D eigenvalue weighted by Crippen LogP contribution is 2.21. The predicted molar refractivity (Wildman–Crippen MR) is 90.6 cm³/mol. The van der Waals surface area contributed by atoms with Crippen molar-refractivity contribution in [3.05, 3.63) is 47.3 Å². The van der Waals surface area contributed by atoms with Gasteiger partial charge in [-0.05, 0) is 43.9 Å². The number of hydrogen-bond donors (Lipinski definition) is 2. The fourth-order valence-electron chi connectivity index (χ4n) is 2.97. The lowest BCUT2D eigenvalue weighted by atomic mass is 10.0. The van der Waals surface area contributed by atoms with Crippen LogP contribution in [0.3, 0.4) is 0 Å². The van der Waals surface area contributed by atoms with E-state index >= 15 is 0 Å². The summed E-state index contributed by atoms with van der Waals surface area (Å²) in [6.07, 6.45) is 4.71. The summed E-state index contributed by atoms with van der Waals surface area (Å²) in [7, 11) is 0. The molecule has 1 aliphatic heterocycles. The molecular formula is C18H21N3O4. The van der Waals surface area contributed by atoms with Gasteiger partial charge in [-0.2, -0.15) is 5.10 Å². The summed E-state index contributed by atoms with van der Waals surface area (Å²) in [6, 6.07) is 6.84. The monoisotopic (exact) mass is 343 g/mol. The minimum Gasteiger partial charge on any atom is -0.482 e. The van der Waals surface area contributed by atoms with Crippen LogP contribution >= 0.6 is 0 Å². The number of fused-ring (bicyclic) bond motifs is 1. The average molecular weight is 343 g/mol. The van der Waals surface area contributed by atoms with E-state index in [-0.39, 0.29) is 18.6 Å². The molecule has 132 valence electrons. The number of carboxylic acid groups (broad SMARTS) is 1.